The van der Waals surface area contributed by atoms with Crippen molar-refractivity contribution in [1.82, 2.24) is 25.4 Å². The standard InChI is InChI=1S/C16H28N6.HI/c1-17-16(19-12-13-6-5-7-13)18-10-9-15-21-20-14-8-3-2-4-11-22(14)15;/h13H,2-12H2,1H3,(H2,17,18,19);1H. The summed E-state index contributed by atoms with van der Waals surface area (Å²) in [5, 5.41) is 15.5. The van der Waals surface area contributed by atoms with E-state index >= 15 is 0 Å². The van der Waals surface area contributed by atoms with Gasteiger partial charge in [0.2, 0.25) is 0 Å². The molecule has 6 nitrogen and oxygen atoms in total. The lowest BCUT2D eigenvalue weighted by Crippen LogP contribution is -2.41. The summed E-state index contributed by atoms with van der Waals surface area (Å²) in [6.45, 7) is 2.97. The summed E-state index contributed by atoms with van der Waals surface area (Å²) >= 11 is 0. The van der Waals surface area contributed by atoms with Gasteiger partial charge in [-0.2, -0.15) is 0 Å². The number of rotatable bonds is 5. The van der Waals surface area contributed by atoms with Crippen LogP contribution in [0, 0.1) is 5.92 Å². The maximum absolute atomic E-state index is 4.37. The highest BCUT2D eigenvalue weighted by atomic mass is 127. The van der Waals surface area contributed by atoms with Crippen LogP contribution in [0.4, 0.5) is 0 Å². The first-order valence-electron chi connectivity index (χ1n) is 8.72. The smallest absolute Gasteiger partial charge is 0.190 e. The normalized spacial score (nSPS) is 18.4. The minimum Gasteiger partial charge on any atom is -0.356 e. The van der Waals surface area contributed by atoms with Gasteiger partial charge >= 0.3 is 0 Å². The molecular weight excluding hydrogens is 403 g/mol. The molecule has 0 atom stereocenters. The van der Waals surface area contributed by atoms with Gasteiger partial charge < -0.3 is 15.2 Å². The van der Waals surface area contributed by atoms with Crippen LogP contribution >= 0.6 is 24.0 Å². The van der Waals surface area contributed by atoms with Crippen LogP contribution in [0.5, 0.6) is 0 Å². The van der Waals surface area contributed by atoms with Gasteiger partial charge in [-0.25, -0.2) is 0 Å². The first-order chi connectivity index (χ1) is 10.9. The predicted octanol–water partition coefficient (Wildman–Crippen LogP) is 2.13. The summed E-state index contributed by atoms with van der Waals surface area (Å²) in [5.74, 6) is 4.02. The van der Waals surface area contributed by atoms with Crippen LogP contribution in [0.2, 0.25) is 0 Å². The summed E-state index contributed by atoms with van der Waals surface area (Å²) in [5.41, 5.74) is 0. The number of hydrogen-bond donors (Lipinski definition) is 2. The number of nitrogens with one attached hydrogen (secondary N) is 2. The van der Waals surface area contributed by atoms with E-state index in [1.54, 1.807) is 0 Å². The number of aliphatic imine (C=N–C) groups is 1. The zero-order valence-corrected chi connectivity index (χ0v) is 16.4. The minimum absolute atomic E-state index is 0. The van der Waals surface area contributed by atoms with Gasteiger partial charge in [-0.05, 0) is 31.6 Å². The topological polar surface area (TPSA) is 67.1 Å². The lowest BCUT2D eigenvalue weighted by atomic mass is 9.85. The molecule has 1 aliphatic heterocycles. The Labute approximate surface area is 155 Å². The monoisotopic (exact) mass is 432 g/mol. The predicted molar refractivity (Wildman–Crippen MR) is 103 cm³/mol. The van der Waals surface area contributed by atoms with E-state index in [9.17, 15) is 0 Å². The Morgan fingerprint density at radius 3 is 2.78 bits per heavy atom. The Morgan fingerprint density at radius 2 is 2.04 bits per heavy atom. The van der Waals surface area contributed by atoms with Crippen LogP contribution in [-0.2, 0) is 19.4 Å². The molecule has 130 valence electrons. The second-order valence-corrected chi connectivity index (χ2v) is 6.42. The summed E-state index contributed by atoms with van der Waals surface area (Å²) in [4.78, 5) is 4.29. The Kier molecular flexibility index (Phi) is 7.58. The number of halogens is 1. The molecule has 0 radical (unpaired) electrons. The molecule has 2 aliphatic rings. The molecule has 1 fully saturated rings. The highest BCUT2D eigenvalue weighted by Gasteiger charge is 2.17. The van der Waals surface area contributed by atoms with Crippen molar-refractivity contribution in [2.24, 2.45) is 10.9 Å². The molecule has 0 spiro atoms. The van der Waals surface area contributed by atoms with Crippen molar-refractivity contribution in [2.45, 2.75) is 57.9 Å². The third kappa shape index (κ3) is 5.06. The molecule has 3 rings (SSSR count). The molecule has 1 aromatic rings. The van der Waals surface area contributed by atoms with Crippen molar-refractivity contribution >= 4 is 29.9 Å². The lowest BCUT2D eigenvalue weighted by molar-refractivity contribution is 0.314. The Morgan fingerprint density at radius 1 is 1.17 bits per heavy atom. The summed E-state index contributed by atoms with van der Waals surface area (Å²) < 4.78 is 2.32. The van der Waals surface area contributed by atoms with E-state index in [0.29, 0.717) is 0 Å². The lowest BCUT2D eigenvalue weighted by Gasteiger charge is -2.26. The quantitative estimate of drug-likeness (QED) is 0.425. The molecule has 0 saturated heterocycles. The van der Waals surface area contributed by atoms with Crippen LogP contribution in [0.3, 0.4) is 0 Å². The molecule has 23 heavy (non-hydrogen) atoms. The van der Waals surface area contributed by atoms with Crippen molar-refractivity contribution < 1.29 is 0 Å². The van der Waals surface area contributed by atoms with E-state index in [1.165, 1.54) is 44.3 Å². The minimum atomic E-state index is 0. The van der Waals surface area contributed by atoms with Crippen molar-refractivity contribution in [3.8, 4) is 0 Å². The van der Waals surface area contributed by atoms with Gasteiger partial charge in [0.15, 0.2) is 5.96 Å². The fraction of sp³-hybridized carbons (Fsp3) is 0.812. The van der Waals surface area contributed by atoms with Crippen LogP contribution in [-0.4, -0.2) is 40.9 Å². The highest BCUT2D eigenvalue weighted by molar-refractivity contribution is 14.0. The van der Waals surface area contributed by atoms with Crippen molar-refractivity contribution in [3.63, 3.8) is 0 Å². The average molecular weight is 432 g/mol. The zero-order chi connectivity index (χ0) is 15.2. The number of guanidine groups is 1. The van der Waals surface area contributed by atoms with E-state index in [1.807, 2.05) is 7.05 Å². The highest BCUT2D eigenvalue weighted by Crippen LogP contribution is 2.25. The van der Waals surface area contributed by atoms with E-state index < -0.39 is 0 Å². The van der Waals surface area contributed by atoms with Gasteiger partial charge in [-0.15, -0.1) is 34.2 Å². The third-order valence-electron chi connectivity index (χ3n) is 4.83. The molecular formula is C16H29IN6. The zero-order valence-electron chi connectivity index (χ0n) is 14.1. The van der Waals surface area contributed by atoms with E-state index in [-0.39, 0.29) is 24.0 Å². The second kappa shape index (κ2) is 9.44. The van der Waals surface area contributed by atoms with Crippen LogP contribution < -0.4 is 10.6 Å². The Bertz CT molecular complexity index is 509. The molecule has 2 N–H and O–H groups in total. The first-order valence-corrected chi connectivity index (χ1v) is 8.72. The fourth-order valence-corrected chi connectivity index (χ4v) is 3.18. The molecule has 0 amide bonds. The largest absolute Gasteiger partial charge is 0.356 e. The summed E-state index contributed by atoms with van der Waals surface area (Å²) in [7, 11) is 1.83. The number of aryl methyl sites for hydroxylation is 1. The maximum atomic E-state index is 4.37. The van der Waals surface area contributed by atoms with E-state index in [4.69, 9.17) is 0 Å². The molecule has 0 aromatic carbocycles. The van der Waals surface area contributed by atoms with Gasteiger partial charge in [0, 0.05) is 39.5 Å². The van der Waals surface area contributed by atoms with Gasteiger partial charge in [-0.3, -0.25) is 4.99 Å². The van der Waals surface area contributed by atoms with Crippen LogP contribution in [0.15, 0.2) is 4.99 Å². The Balaban J connectivity index is 0.00000192. The molecule has 2 heterocycles. The molecule has 0 unspecified atom stereocenters. The van der Waals surface area contributed by atoms with E-state index in [0.717, 1.165) is 50.2 Å². The molecule has 0 bridgehead atoms. The average Bonchev–Trinajstić information content (AvgIpc) is 2.71. The SMILES string of the molecule is CN=C(NCCc1nnc2n1CCCCC2)NCC1CCC1.I. The van der Waals surface area contributed by atoms with Gasteiger partial charge in [0.1, 0.15) is 11.6 Å². The number of aromatic nitrogens is 3. The van der Waals surface area contributed by atoms with Gasteiger partial charge in [0.25, 0.3) is 0 Å². The van der Waals surface area contributed by atoms with Crippen molar-refractivity contribution in [3.05, 3.63) is 11.6 Å². The molecule has 1 aromatic heterocycles. The second-order valence-electron chi connectivity index (χ2n) is 6.42. The first kappa shape index (κ1) is 18.5. The molecule has 1 saturated carbocycles. The molecule has 1 aliphatic carbocycles. The molecule has 7 heteroatoms. The fourth-order valence-electron chi connectivity index (χ4n) is 3.18. The number of fused-ring (bicyclic) bond motifs is 1. The number of nitrogens with zero attached hydrogens (tertiary/aromatic N) is 4. The van der Waals surface area contributed by atoms with Gasteiger partial charge in [0.05, 0.1) is 0 Å². The third-order valence-corrected chi connectivity index (χ3v) is 4.83. The van der Waals surface area contributed by atoms with E-state index in [2.05, 4.69) is 30.4 Å². The number of hydrogen-bond acceptors (Lipinski definition) is 3. The summed E-state index contributed by atoms with van der Waals surface area (Å²) in [6.07, 6.45) is 9.87. The maximum Gasteiger partial charge on any atom is 0.190 e. The van der Waals surface area contributed by atoms with Crippen LogP contribution in [0.25, 0.3) is 0 Å². The Hall–Kier alpha value is -0.860. The summed E-state index contributed by atoms with van der Waals surface area (Å²) in [6, 6.07) is 0. The van der Waals surface area contributed by atoms with Crippen molar-refractivity contribution in [2.75, 3.05) is 20.1 Å². The van der Waals surface area contributed by atoms with Crippen LogP contribution in [0.1, 0.15) is 50.2 Å². The van der Waals surface area contributed by atoms with Crippen molar-refractivity contribution in [1.29, 1.82) is 0 Å². The van der Waals surface area contributed by atoms with Gasteiger partial charge in [-0.1, -0.05) is 12.8 Å².